The van der Waals surface area contributed by atoms with Gasteiger partial charge in [0, 0.05) is 6.20 Å². The standard InChI is InChI=1S/C25H16F4N6O2S/c26-20-16(21(36)33-14-4-2-9-31-12-14)5-1-6-19(20)35-23(38)34(22(37)24(35)7-3-8-24)15-10-17(25(27,28)29)18(11-30)32-13-15/h1-2,4-6,9-10,12-13H,3,7-8H2,(H,33,36). The van der Waals surface area contributed by atoms with Crippen LogP contribution in [0.3, 0.4) is 0 Å². The number of hydrogen-bond donors (Lipinski definition) is 1. The quantitative estimate of drug-likeness (QED) is 0.374. The number of carbonyl (C=O) groups excluding carboxylic acids is 2. The Morgan fingerprint density at radius 3 is 2.55 bits per heavy atom. The smallest absolute Gasteiger partial charge is 0.320 e. The fourth-order valence-corrected chi connectivity index (χ4v) is 5.03. The maximum absolute atomic E-state index is 15.8. The van der Waals surface area contributed by atoms with E-state index in [2.05, 4.69) is 15.3 Å². The van der Waals surface area contributed by atoms with E-state index in [1.54, 1.807) is 12.1 Å². The molecule has 1 spiro atoms. The van der Waals surface area contributed by atoms with Crippen LogP contribution in [0, 0.1) is 17.1 Å². The summed E-state index contributed by atoms with van der Waals surface area (Å²) in [6, 6.07) is 9.20. The first-order chi connectivity index (χ1) is 18.1. The van der Waals surface area contributed by atoms with E-state index in [-0.39, 0.29) is 34.9 Å². The monoisotopic (exact) mass is 540 g/mol. The number of hydrogen-bond acceptors (Lipinski definition) is 6. The molecule has 2 aromatic heterocycles. The number of halogens is 4. The second kappa shape index (κ2) is 9.14. The third-order valence-corrected chi connectivity index (χ3v) is 6.88. The van der Waals surface area contributed by atoms with Crippen molar-refractivity contribution in [2.75, 3.05) is 15.1 Å². The Kier molecular flexibility index (Phi) is 6.07. The Labute approximate surface area is 218 Å². The average Bonchev–Trinajstić information content (AvgIpc) is 3.10. The van der Waals surface area contributed by atoms with Crippen molar-refractivity contribution >= 4 is 46.2 Å². The van der Waals surface area contributed by atoms with Crippen molar-refractivity contribution in [1.82, 2.24) is 9.97 Å². The van der Waals surface area contributed by atoms with Crippen LogP contribution in [0.1, 0.15) is 40.9 Å². The van der Waals surface area contributed by atoms with E-state index in [9.17, 15) is 22.8 Å². The molecule has 0 bridgehead atoms. The number of alkyl halides is 3. The first-order valence-corrected chi connectivity index (χ1v) is 11.7. The molecule has 38 heavy (non-hydrogen) atoms. The van der Waals surface area contributed by atoms with Crippen LogP contribution in [0.15, 0.2) is 55.0 Å². The Balaban J connectivity index is 1.56. The van der Waals surface area contributed by atoms with Gasteiger partial charge in [-0.15, -0.1) is 0 Å². The van der Waals surface area contributed by atoms with Gasteiger partial charge in [0.1, 0.15) is 11.6 Å². The molecular weight excluding hydrogens is 524 g/mol. The highest BCUT2D eigenvalue weighted by Gasteiger charge is 2.60. The maximum atomic E-state index is 15.8. The summed E-state index contributed by atoms with van der Waals surface area (Å²) in [5.41, 5.74) is -3.96. The van der Waals surface area contributed by atoms with Gasteiger partial charge in [-0.3, -0.25) is 19.5 Å². The third-order valence-electron chi connectivity index (χ3n) is 6.52. The number of nitrogens with one attached hydrogen (secondary N) is 1. The molecule has 0 unspecified atom stereocenters. The molecule has 2 aliphatic rings. The molecule has 1 saturated carbocycles. The number of pyridine rings is 2. The average molecular weight is 541 g/mol. The highest BCUT2D eigenvalue weighted by atomic mass is 32.1. The predicted octanol–water partition coefficient (Wildman–Crippen LogP) is 4.82. The van der Waals surface area contributed by atoms with E-state index >= 15 is 4.39 Å². The lowest BCUT2D eigenvalue weighted by atomic mass is 9.75. The summed E-state index contributed by atoms with van der Waals surface area (Å²) in [7, 11) is 0. The lowest BCUT2D eigenvalue weighted by Gasteiger charge is -2.43. The molecule has 0 atom stereocenters. The van der Waals surface area contributed by atoms with Gasteiger partial charge in [0.2, 0.25) is 0 Å². The van der Waals surface area contributed by atoms with Gasteiger partial charge in [0.25, 0.3) is 11.8 Å². The Morgan fingerprint density at radius 1 is 1.18 bits per heavy atom. The molecule has 0 radical (unpaired) electrons. The molecule has 2 amide bonds. The van der Waals surface area contributed by atoms with Crippen LogP contribution in [-0.2, 0) is 11.0 Å². The first-order valence-electron chi connectivity index (χ1n) is 11.2. The van der Waals surface area contributed by atoms with Gasteiger partial charge in [-0.05, 0) is 61.8 Å². The summed E-state index contributed by atoms with van der Waals surface area (Å²) in [6.07, 6.45) is 0.0635. The van der Waals surface area contributed by atoms with Gasteiger partial charge in [-0.1, -0.05) is 6.07 Å². The van der Waals surface area contributed by atoms with Crippen LogP contribution >= 0.6 is 12.2 Å². The van der Waals surface area contributed by atoms with Crippen LogP contribution in [0.4, 0.5) is 34.6 Å². The SMILES string of the molecule is N#Cc1ncc(N2C(=O)C3(CCC3)N(c3cccc(C(=O)Nc4cccnc4)c3F)C2=S)cc1C(F)(F)F. The summed E-state index contributed by atoms with van der Waals surface area (Å²) in [5.74, 6) is -2.36. The van der Waals surface area contributed by atoms with Gasteiger partial charge in [0.05, 0.1) is 40.6 Å². The van der Waals surface area contributed by atoms with Crippen molar-refractivity contribution in [2.45, 2.75) is 31.0 Å². The molecule has 3 aromatic rings. The van der Waals surface area contributed by atoms with E-state index in [0.29, 0.717) is 18.2 Å². The number of amides is 2. The van der Waals surface area contributed by atoms with E-state index in [4.69, 9.17) is 17.5 Å². The number of aromatic nitrogens is 2. The molecule has 192 valence electrons. The Morgan fingerprint density at radius 2 is 1.95 bits per heavy atom. The van der Waals surface area contributed by atoms with E-state index < -0.39 is 40.6 Å². The number of carbonyl (C=O) groups is 2. The van der Waals surface area contributed by atoms with Crippen LogP contribution in [-0.4, -0.2) is 32.4 Å². The molecule has 1 saturated heterocycles. The third kappa shape index (κ3) is 3.93. The van der Waals surface area contributed by atoms with E-state index in [0.717, 1.165) is 11.1 Å². The van der Waals surface area contributed by atoms with Crippen molar-refractivity contribution in [2.24, 2.45) is 0 Å². The topological polar surface area (TPSA) is 102 Å². The van der Waals surface area contributed by atoms with Crippen molar-refractivity contribution in [1.29, 1.82) is 5.26 Å². The van der Waals surface area contributed by atoms with Gasteiger partial charge in [-0.25, -0.2) is 9.37 Å². The number of nitriles is 1. The molecule has 3 heterocycles. The largest absolute Gasteiger partial charge is 0.419 e. The Bertz CT molecular complexity index is 1520. The number of thiocarbonyl (C=S) groups is 1. The Hall–Kier alpha value is -4.44. The molecule has 5 rings (SSSR count). The summed E-state index contributed by atoms with van der Waals surface area (Å²) >= 11 is 5.51. The van der Waals surface area contributed by atoms with Crippen molar-refractivity contribution in [3.8, 4) is 6.07 Å². The van der Waals surface area contributed by atoms with Crippen LogP contribution < -0.4 is 15.1 Å². The second-order valence-corrected chi connectivity index (χ2v) is 9.04. The number of anilines is 3. The molecule has 1 aliphatic heterocycles. The number of rotatable bonds is 4. The molecular formula is C25H16F4N6O2S. The minimum absolute atomic E-state index is 0.165. The van der Waals surface area contributed by atoms with E-state index in [1.807, 2.05) is 0 Å². The predicted molar refractivity (Wildman–Crippen MR) is 132 cm³/mol. The molecule has 13 heteroatoms. The number of nitrogens with zero attached hydrogens (tertiary/aromatic N) is 5. The van der Waals surface area contributed by atoms with Gasteiger partial charge in [-0.2, -0.15) is 18.4 Å². The molecule has 8 nitrogen and oxygen atoms in total. The molecule has 2 fully saturated rings. The summed E-state index contributed by atoms with van der Waals surface area (Å²) < 4.78 is 56.5. The fraction of sp³-hybridized carbons (Fsp3) is 0.200. The summed E-state index contributed by atoms with van der Waals surface area (Å²) in [6.45, 7) is 0. The van der Waals surface area contributed by atoms with Crippen LogP contribution in [0.2, 0.25) is 0 Å². The van der Waals surface area contributed by atoms with Crippen LogP contribution in [0.25, 0.3) is 0 Å². The summed E-state index contributed by atoms with van der Waals surface area (Å²) in [4.78, 5) is 36.0. The van der Waals surface area contributed by atoms with Gasteiger partial charge >= 0.3 is 6.18 Å². The highest BCUT2D eigenvalue weighted by Crippen LogP contribution is 2.49. The minimum Gasteiger partial charge on any atom is -0.320 e. The molecule has 1 aromatic carbocycles. The lowest BCUT2D eigenvalue weighted by molar-refractivity contribution is -0.138. The van der Waals surface area contributed by atoms with Gasteiger partial charge in [0.15, 0.2) is 16.6 Å². The maximum Gasteiger partial charge on any atom is 0.419 e. The van der Waals surface area contributed by atoms with Crippen molar-refractivity contribution in [3.05, 3.63) is 77.6 Å². The number of benzene rings is 1. The van der Waals surface area contributed by atoms with Crippen LogP contribution in [0.5, 0.6) is 0 Å². The minimum atomic E-state index is -4.91. The van der Waals surface area contributed by atoms with E-state index in [1.165, 1.54) is 41.6 Å². The zero-order chi connectivity index (χ0) is 27.2. The summed E-state index contributed by atoms with van der Waals surface area (Å²) in [5, 5.41) is 11.3. The normalized spacial score (nSPS) is 16.4. The molecule has 1 N–H and O–H groups in total. The zero-order valence-electron chi connectivity index (χ0n) is 19.3. The van der Waals surface area contributed by atoms with Crippen molar-refractivity contribution in [3.63, 3.8) is 0 Å². The van der Waals surface area contributed by atoms with Gasteiger partial charge < -0.3 is 10.2 Å². The lowest BCUT2D eigenvalue weighted by Crippen LogP contribution is -2.55. The zero-order valence-corrected chi connectivity index (χ0v) is 20.1. The highest BCUT2D eigenvalue weighted by molar-refractivity contribution is 7.81. The second-order valence-electron chi connectivity index (χ2n) is 8.68. The molecule has 1 aliphatic carbocycles. The van der Waals surface area contributed by atoms with Crippen molar-refractivity contribution < 1.29 is 27.2 Å². The first kappa shape index (κ1) is 25.2. The fourth-order valence-electron chi connectivity index (χ4n) is 4.57.